The Morgan fingerprint density at radius 3 is 2.37 bits per heavy atom. The van der Waals surface area contributed by atoms with Crippen LogP contribution in [0.25, 0.3) is 0 Å². The Kier molecular flexibility index (Phi) is 5.24. The van der Waals surface area contributed by atoms with E-state index < -0.39 is 0 Å². The molecule has 0 aliphatic heterocycles. The molecule has 2 aromatic rings. The lowest BCUT2D eigenvalue weighted by atomic mass is 10.3. The van der Waals surface area contributed by atoms with Gasteiger partial charge in [-0.25, -0.2) is 0 Å². The first kappa shape index (κ1) is 14.4. The largest absolute Gasteiger partial charge is 0.332 e. The first-order chi connectivity index (χ1) is 9.17. The Hall–Kier alpha value is -1.04. The van der Waals surface area contributed by atoms with E-state index in [0.29, 0.717) is 5.11 Å². The topological polar surface area (TPSA) is 24.1 Å². The number of thiocarbonyl (C=S) groups is 1. The van der Waals surface area contributed by atoms with E-state index in [-0.39, 0.29) is 0 Å². The molecule has 0 aromatic heterocycles. The Morgan fingerprint density at radius 2 is 1.74 bits per heavy atom. The van der Waals surface area contributed by atoms with E-state index in [1.165, 1.54) is 4.90 Å². The lowest BCUT2D eigenvalue weighted by Gasteiger charge is -2.11. The van der Waals surface area contributed by atoms with E-state index in [1.807, 2.05) is 36.4 Å². The van der Waals surface area contributed by atoms with E-state index in [4.69, 9.17) is 12.2 Å². The van der Waals surface area contributed by atoms with Crippen molar-refractivity contribution in [1.82, 2.24) is 0 Å². The molecule has 0 bridgehead atoms. The summed E-state index contributed by atoms with van der Waals surface area (Å²) in [5, 5.41) is 6.88. The summed E-state index contributed by atoms with van der Waals surface area (Å²) in [5.41, 5.74) is 1.93. The minimum Gasteiger partial charge on any atom is -0.332 e. The van der Waals surface area contributed by atoms with Crippen LogP contribution in [0, 0.1) is 0 Å². The average molecular weight is 353 g/mol. The third-order valence-corrected chi connectivity index (χ3v) is 3.87. The van der Waals surface area contributed by atoms with Crippen molar-refractivity contribution >= 4 is 56.4 Å². The molecule has 0 aliphatic carbocycles. The molecule has 0 unspecified atom stereocenters. The highest BCUT2D eigenvalue weighted by atomic mass is 79.9. The number of hydrogen-bond acceptors (Lipinski definition) is 2. The van der Waals surface area contributed by atoms with Crippen LogP contribution in [0.5, 0.6) is 0 Å². The van der Waals surface area contributed by atoms with Crippen molar-refractivity contribution in [3.8, 4) is 0 Å². The Morgan fingerprint density at radius 1 is 1.05 bits per heavy atom. The fourth-order valence-electron chi connectivity index (χ4n) is 1.53. The second kappa shape index (κ2) is 6.93. The maximum Gasteiger partial charge on any atom is 0.175 e. The fourth-order valence-corrected chi connectivity index (χ4v) is 2.58. The van der Waals surface area contributed by atoms with Gasteiger partial charge in [0.15, 0.2) is 5.11 Å². The molecule has 5 heteroatoms. The fraction of sp³-hybridized carbons (Fsp3) is 0.0714. The SMILES string of the molecule is CSc1ccc(NC(=S)Nc2cccc(Br)c2)cc1. The van der Waals surface area contributed by atoms with E-state index in [0.717, 1.165) is 15.8 Å². The summed E-state index contributed by atoms with van der Waals surface area (Å²) in [4.78, 5) is 1.23. The minimum atomic E-state index is 0.579. The summed E-state index contributed by atoms with van der Waals surface area (Å²) in [6.45, 7) is 0. The van der Waals surface area contributed by atoms with Crippen LogP contribution in [-0.4, -0.2) is 11.4 Å². The van der Waals surface area contributed by atoms with Gasteiger partial charge in [0.05, 0.1) is 0 Å². The molecule has 19 heavy (non-hydrogen) atoms. The molecule has 2 aromatic carbocycles. The summed E-state index contributed by atoms with van der Waals surface area (Å²) in [6, 6.07) is 16.0. The van der Waals surface area contributed by atoms with Gasteiger partial charge in [-0.15, -0.1) is 11.8 Å². The zero-order chi connectivity index (χ0) is 13.7. The van der Waals surface area contributed by atoms with Gasteiger partial charge in [-0.05, 0) is 60.9 Å². The van der Waals surface area contributed by atoms with Gasteiger partial charge in [-0.2, -0.15) is 0 Å². The summed E-state index contributed by atoms with van der Waals surface area (Å²) in [6.07, 6.45) is 2.06. The number of hydrogen-bond donors (Lipinski definition) is 2. The van der Waals surface area contributed by atoms with Crippen molar-refractivity contribution in [2.24, 2.45) is 0 Å². The Bertz CT molecular complexity index is 570. The Balaban J connectivity index is 1.97. The van der Waals surface area contributed by atoms with Crippen molar-refractivity contribution in [3.63, 3.8) is 0 Å². The molecule has 2 N–H and O–H groups in total. The van der Waals surface area contributed by atoms with Crippen LogP contribution in [0.2, 0.25) is 0 Å². The smallest absolute Gasteiger partial charge is 0.175 e. The lowest BCUT2D eigenvalue weighted by Crippen LogP contribution is -2.18. The average Bonchev–Trinajstić information content (AvgIpc) is 2.39. The Labute approximate surface area is 131 Å². The molecule has 0 aliphatic rings. The molecule has 2 nitrogen and oxygen atoms in total. The highest BCUT2D eigenvalue weighted by Gasteiger charge is 1.99. The maximum absolute atomic E-state index is 5.28. The maximum atomic E-state index is 5.28. The standard InChI is InChI=1S/C14H13BrN2S2/c1-19-13-7-5-11(6-8-13)16-14(18)17-12-4-2-3-10(15)9-12/h2-9H,1H3,(H2,16,17,18). The third kappa shape index (κ3) is 4.53. The van der Waals surface area contributed by atoms with Crippen molar-refractivity contribution in [1.29, 1.82) is 0 Å². The van der Waals surface area contributed by atoms with Crippen LogP contribution in [0.3, 0.4) is 0 Å². The first-order valence-corrected chi connectivity index (χ1v) is 8.07. The van der Waals surface area contributed by atoms with Gasteiger partial charge in [-0.3, -0.25) is 0 Å². The molecular weight excluding hydrogens is 340 g/mol. The number of nitrogens with one attached hydrogen (secondary N) is 2. The normalized spacial score (nSPS) is 10.0. The van der Waals surface area contributed by atoms with Gasteiger partial charge in [0, 0.05) is 20.7 Å². The summed E-state index contributed by atoms with van der Waals surface area (Å²) in [7, 11) is 0. The lowest BCUT2D eigenvalue weighted by molar-refractivity contribution is 1.46. The number of thioether (sulfide) groups is 1. The number of benzene rings is 2. The molecule has 0 saturated carbocycles. The second-order valence-electron chi connectivity index (χ2n) is 3.82. The molecule has 0 radical (unpaired) electrons. The highest BCUT2D eigenvalue weighted by molar-refractivity contribution is 9.10. The van der Waals surface area contributed by atoms with Gasteiger partial charge in [0.25, 0.3) is 0 Å². The second-order valence-corrected chi connectivity index (χ2v) is 6.02. The van der Waals surface area contributed by atoms with Crippen LogP contribution in [0.15, 0.2) is 57.9 Å². The van der Waals surface area contributed by atoms with Gasteiger partial charge < -0.3 is 10.6 Å². The molecule has 98 valence electrons. The van der Waals surface area contributed by atoms with E-state index in [1.54, 1.807) is 11.8 Å². The summed E-state index contributed by atoms with van der Waals surface area (Å²) in [5.74, 6) is 0. The quantitative estimate of drug-likeness (QED) is 0.600. The molecule has 0 amide bonds. The number of halogens is 1. The van der Waals surface area contributed by atoms with Crippen molar-refractivity contribution in [2.75, 3.05) is 16.9 Å². The molecule has 0 saturated heterocycles. The monoisotopic (exact) mass is 352 g/mol. The highest BCUT2D eigenvalue weighted by Crippen LogP contribution is 2.18. The predicted molar refractivity (Wildman–Crippen MR) is 92.2 cm³/mol. The van der Waals surface area contributed by atoms with Crippen molar-refractivity contribution in [3.05, 3.63) is 53.0 Å². The number of anilines is 2. The van der Waals surface area contributed by atoms with Gasteiger partial charge in [0.2, 0.25) is 0 Å². The van der Waals surface area contributed by atoms with Gasteiger partial charge in [0.1, 0.15) is 0 Å². The van der Waals surface area contributed by atoms with Gasteiger partial charge >= 0.3 is 0 Å². The van der Waals surface area contributed by atoms with Crippen LogP contribution in [0.1, 0.15) is 0 Å². The van der Waals surface area contributed by atoms with Crippen molar-refractivity contribution < 1.29 is 0 Å². The van der Waals surface area contributed by atoms with Crippen LogP contribution in [0.4, 0.5) is 11.4 Å². The van der Waals surface area contributed by atoms with Crippen molar-refractivity contribution in [2.45, 2.75) is 4.90 Å². The molecular formula is C14H13BrN2S2. The van der Waals surface area contributed by atoms with Crippen LogP contribution < -0.4 is 10.6 Å². The zero-order valence-corrected chi connectivity index (χ0v) is 13.5. The molecule has 0 fully saturated rings. The van der Waals surface area contributed by atoms with E-state index in [9.17, 15) is 0 Å². The summed E-state index contributed by atoms with van der Waals surface area (Å²) < 4.78 is 1.02. The van der Waals surface area contributed by atoms with E-state index >= 15 is 0 Å². The predicted octanol–water partition coefficient (Wildman–Crippen LogP) is 4.98. The van der Waals surface area contributed by atoms with Crippen LogP contribution >= 0.6 is 39.9 Å². The first-order valence-electron chi connectivity index (χ1n) is 5.65. The van der Waals surface area contributed by atoms with Gasteiger partial charge in [-0.1, -0.05) is 22.0 Å². The summed E-state index contributed by atoms with van der Waals surface area (Å²) >= 11 is 10.4. The molecule has 0 heterocycles. The molecule has 0 spiro atoms. The molecule has 0 atom stereocenters. The molecule has 2 rings (SSSR count). The zero-order valence-electron chi connectivity index (χ0n) is 10.3. The third-order valence-electron chi connectivity index (χ3n) is 2.43. The minimum absolute atomic E-state index is 0.579. The van der Waals surface area contributed by atoms with E-state index in [2.05, 4.69) is 45.0 Å². The number of rotatable bonds is 3. The van der Waals surface area contributed by atoms with Crippen LogP contribution in [-0.2, 0) is 0 Å².